The van der Waals surface area contributed by atoms with Crippen molar-refractivity contribution in [2.24, 2.45) is 0 Å². The number of halogens is 4. The second-order valence-electron chi connectivity index (χ2n) is 4.62. The molecule has 1 atom stereocenters. The van der Waals surface area contributed by atoms with E-state index >= 15 is 0 Å². The normalized spacial score (nSPS) is 19.5. The van der Waals surface area contributed by atoms with E-state index in [1.807, 2.05) is 22.6 Å². The van der Waals surface area contributed by atoms with Gasteiger partial charge in [-0.25, -0.2) is 13.2 Å². The molecule has 0 N–H and O–H groups in total. The van der Waals surface area contributed by atoms with Crippen LogP contribution in [0, 0.1) is 12.7 Å². The molecule has 1 amide bonds. The van der Waals surface area contributed by atoms with Gasteiger partial charge in [-0.3, -0.25) is 4.79 Å². The largest absolute Gasteiger partial charge is 0.305 e. The molecule has 0 saturated heterocycles. The smallest absolute Gasteiger partial charge is 0.256 e. The Labute approximate surface area is 128 Å². The van der Waals surface area contributed by atoms with Gasteiger partial charge >= 0.3 is 0 Å². The van der Waals surface area contributed by atoms with Gasteiger partial charge in [0, 0.05) is 5.56 Å². The van der Waals surface area contributed by atoms with Crippen LogP contribution in [-0.4, -0.2) is 27.7 Å². The molecule has 0 aromatic heterocycles. The van der Waals surface area contributed by atoms with Crippen LogP contribution >= 0.6 is 22.6 Å². The van der Waals surface area contributed by atoms with Crippen molar-refractivity contribution in [3.63, 3.8) is 0 Å². The Kier molecular flexibility index (Phi) is 4.72. The monoisotopic (exact) mass is 395 g/mol. The summed E-state index contributed by atoms with van der Waals surface area (Å²) in [5.41, 5.74) is 1.16. The number of hydrogen-bond acceptors (Lipinski definition) is 1. The molecule has 0 saturated carbocycles. The maximum absolute atomic E-state index is 14.0. The highest BCUT2D eigenvalue weighted by atomic mass is 127. The molecule has 1 aromatic rings. The molecule has 0 aliphatic carbocycles. The number of allylic oxidation sites excluding steroid dienone is 1. The van der Waals surface area contributed by atoms with Crippen LogP contribution in [0.5, 0.6) is 0 Å². The van der Waals surface area contributed by atoms with Crippen molar-refractivity contribution in [2.45, 2.75) is 23.7 Å². The molecule has 0 bridgehead atoms. The Morgan fingerprint density at radius 1 is 1.45 bits per heavy atom. The van der Waals surface area contributed by atoms with Gasteiger partial charge in [-0.05, 0) is 31.0 Å². The van der Waals surface area contributed by atoms with Crippen LogP contribution in [0.15, 0.2) is 24.3 Å². The highest BCUT2D eigenvalue weighted by molar-refractivity contribution is 14.1. The van der Waals surface area contributed by atoms with E-state index in [2.05, 4.69) is 0 Å². The molecule has 1 aromatic carbocycles. The quantitative estimate of drug-likeness (QED) is 0.564. The lowest BCUT2D eigenvalue weighted by molar-refractivity contribution is -0.128. The molecular weight excluding hydrogens is 382 g/mol. The molecule has 0 fully saturated rings. The predicted molar refractivity (Wildman–Crippen MR) is 79.3 cm³/mol. The first kappa shape index (κ1) is 15.3. The van der Waals surface area contributed by atoms with Crippen molar-refractivity contribution < 1.29 is 18.0 Å². The molecule has 108 valence electrons. The molecule has 2 nitrogen and oxygen atoms in total. The molecule has 1 unspecified atom stereocenters. The van der Waals surface area contributed by atoms with E-state index in [0.717, 1.165) is 10.5 Å². The average molecular weight is 395 g/mol. The highest BCUT2D eigenvalue weighted by Gasteiger charge is 2.32. The molecule has 1 aliphatic rings. The van der Waals surface area contributed by atoms with E-state index in [9.17, 15) is 18.0 Å². The predicted octanol–water partition coefficient (Wildman–Crippen LogP) is 3.78. The molecule has 1 aliphatic heterocycles. The van der Waals surface area contributed by atoms with Gasteiger partial charge in [-0.2, -0.15) is 0 Å². The van der Waals surface area contributed by atoms with Crippen LogP contribution in [-0.2, 0) is 4.79 Å². The number of carbonyl (C=O) groups excluding carboxylic acids is 1. The Morgan fingerprint density at radius 3 is 2.75 bits per heavy atom. The van der Waals surface area contributed by atoms with Crippen molar-refractivity contribution in [1.82, 2.24) is 4.90 Å². The van der Waals surface area contributed by atoms with Crippen molar-refractivity contribution >= 4 is 34.2 Å². The average Bonchev–Trinajstić information content (AvgIpc) is 2.36. The van der Waals surface area contributed by atoms with Gasteiger partial charge in [0.15, 0.2) is 0 Å². The molecule has 20 heavy (non-hydrogen) atoms. The minimum Gasteiger partial charge on any atom is -0.305 e. The lowest BCUT2D eigenvalue weighted by atomic mass is 10.0. The fraction of sp³-hybridized carbons (Fsp3) is 0.357. The number of rotatable bonds is 3. The summed E-state index contributed by atoms with van der Waals surface area (Å²) in [4.78, 5) is 13.0. The second kappa shape index (κ2) is 6.15. The highest BCUT2D eigenvalue weighted by Crippen LogP contribution is 2.31. The first-order valence-corrected chi connectivity index (χ1v) is 7.35. The van der Waals surface area contributed by atoms with Crippen molar-refractivity contribution in [3.05, 3.63) is 41.2 Å². The van der Waals surface area contributed by atoms with Crippen LogP contribution in [0.4, 0.5) is 13.2 Å². The van der Waals surface area contributed by atoms with Gasteiger partial charge in [0.05, 0.1) is 16.2 Å². The van der Waals surface area contributed by atoms with E-state index in [1.165, 1.54) is 12.1 Å². The standard InChI is InChI=1S/C14H13F3INO/c1-8-2-3-9(10(15)6-8)12-5-4-11(18)14(20)19(12)7-13(16)17/h2-3,5-6,11,13H,4,7H2,1H3. The topological polar surface area (TPSA) is 20.3 Å². The molecule has 6 heteroatoms. The molecule has 1 heterocycles. The van der Waals surface area contributed by atoms with Gasteiger partial charge < -0.3 is 4.90 Å². The number of alkyl halides is 3. The van der Waals surface area contributed by atoms with Crippen LogP contribution in [0.25, 0.3) is 5.70 Å². The summed E-state index contributed by atoms with van der Waals surface area (Å²) in [7, 11) is 0. The zero-order chi connectivity index (χ0) is 14.9. The van der Waals surface area contributed by atoms with Crippen LogP contribution in [0.2, 0.25) is 0 Å². The van der Waals surface area contributed by atoms with E-state index in [-0.39, 0.29) is 15.2 Å². The van der Waals surface area contributed by atoms with E-state index in [4.69, 9.17) is 0 Å². The summed E-state index contributed by atoms with van der Waals surface area (Å²) in [5.74, 6) is -0.904. The van der Waals surface area contributed by atoms with Crippen LogP contribution in [0.1, 0.15) is 17.5 Å². The van der Waals surface area contributed by atoms with Gasteiger partial charge in [0.25, 0.3) is 6.43 Å². The maximum atomic E-state index is 14.0. The van der Waals surface area contributed by atoms with Crippen LogP contribution < -0.4 is 0 Å². The van der Waals surface area contributed by atoms with E-state index in [0.29, 0.717) is 6.42 Å². The lowest BCUT2D eigenvalue weighted by Gasteiger charge is -2.31. The second-order valence-corrected chi connectivity index (χ2v) is 6.12. The summed E-state index contributed by atoms with van der Waals surface area (Å²) >= 11 is 1.91. The number of amides is 1. The fourth-order valence-electron chi connectivity index (χ4n) is 2.12. The zero-order valence-corrected chi connectivity index (χ0v) is 12.9. The van der Waals surface area contributed by atoms with Gasteiger partial charge in [0.2, 0.25) is 5.91 Å². The third-order valence-corrected chi connectivity index (χ3v) is 4.11. The summed E-state index contributed by atoms with van der Waals surface area (Å²) in [6.45, 7) is 1.03. The third kappa shape index (κ3) is 3.16. The Balaban J connectivity index is 2.43. The summed E-state index contributed by atoms with van der Waals surface area (Å²) < 4.78 is 38.9. The minimum absolute atomic E-state index is 0.188. The van der Waals surface area contributed by atoms with E-state index in [1.54, 1.807) is 19.1 Å². The van der Waals surface area contributed by atoms with Crippen LogP contribution in [0.3, 0.4) is 0 Å². The Hall–Kier alpha value is -1.05. The van der Waals surface area contributed by atoms with Crippen molar-refractivity contribution in [1.29, 1.82) is 0 Å². The summed E-state index contributed by atoms with van der Waals surface area (Å²) in [6, 6.07) is 4.55. The molecule has 0 spiro atoms. The van der Waals surface area contributed by atoms with Gasteiger partial charge in [0.1, 0.15) is 5.82 Å². The molecule has 2 rings (SSSR count). The zero-order valence-electron chi connectivity index (χ0n) is 10.7. The maximum Gasteiger partial charge on any atom is 0.256 e. The van der Waals surface area contributed by atoms with Gasteiger partial charge in [-0.15, -0.1) is 0 Å². The van der Waals surface area contributed by atoms with Crippen molar-refractivity contribution in [2.75, 3.05) is 6.54 Å². The number of nitrogens with zero attached hydrogens (tertiary/aromatic N) is 1. The number of carbonyl (C=O) groups is 1. The third-order valence-electron chi connectivity index (χ3n) is 3.06. The summed E-state index contributed by atoms with van der Waals surface area (Å²) in [5, 5.41) is 0. The van der Waals surface area contributed by atoms with Gasteiger partial charge in [-0.1, -0.05) is 34.7 Å². The lowest BCUT2D eigenvalue weighted by Crippen LogP contribution is -2.41. The molecule has 0 radical (unpaired) electrons. The van der Waals surface area contributed by atoms with E-state index < -0.39 is 24.7 Å². The first-order chi connectivity index (χ1) is 9.40. The number of aryl methyl sites for hydroxylation is 1. The number of hydrogen-bond donors (Lipinski definition) is 0. The minimum atomic E-state index is -2.66. The first-order valence-electron chi connectivity index (χ1n) is 6.10. The summed E-state index contributed by atoms with van der Waals surface area (Å²) in [6.07, 6.45) is -0.589. The Bertz CT molecular complexity index is 559. The fourth-order valence-corrected chi connectivity index (χ4v) is 2.71. The Morgan fingerprint density at radius 2 is 2.15 bits per heavy atom. The van der Waals surface area contributed by atoms with Crippen molar-refractivity contribution in [3.8, 4) is 0 Å². The molecular formula is C14H13F3INO. The SMILES string of the molecule is Cc1ccc(C2=CCC(I)C(=O)N2CC(F)F)c(F)c1. The number of benzene rings is 1.